The highest BCUT2D eigenvalue weighted by Crippen LogP contribution is 2.30. The van der Waals surface area contributed by atoms with Crippen molar-refractivity contribution in [2.45, 2.75) is 32.6 Å². The molecule has 0 bridgehead atoms. The highest BCUT2D eigenvalue weighted by atomic mass is 32.2. The zero-order chi connectivity index (χ0) is 14.8. The van der Waals surface area contributed by atoms with Crippen LogP contribution in [0.2, 0.25) is 0 Å². The lowest BCUT2D eigenvalue weighted by molar-refractivity contribution is 0.459. The van der Waals surface area contributed by atoms with Crippen LogP contribution in [0.3, 0.4) is 0 Å². The van der Waals surface area contributed by atoms with Crippen LogP contribution < -0.4 is 5.73 Å². The molecule has 0 fully saturated rings. The summed E-state index contributed by atoms with van der Waals surface area (Å²) in [6.07, 6.45) is 1.59. The summed E-state index contributed by atoms with van der Waals surface area (Å²) in [7, 11) is -3.53. The number of hydrogen-bond donors (Lipinski definition) is 1. The van der Waals surface area contributed by atoms with E-state index in [1.54, 1.807) is 19.9 Å². The first-order chi connectivity index (χ1) is 8.77. The Labute approximate surface area is 116 Å². The van der Waals surface area contributed by atoms with Crippen LogP contribution in [0.15, 0.2) is 23.6 Å². The van der Waals surface area contributed by atoms with E-state index in [-0.39, 0.29) is 0 Å². The maximum absolute atomic E-state index is 12.7. The molecule has 1 aromatic rings. The van der Waals surface area contributed by atoms with Gasteiger partial charge >= 0.3 is 0 Å². The number of aryl methyl sites for hydroxylation is 2. The Balaban J connectivity index is 3.53. The number of benzene rings is 1. The number of anilines is 1. The van der Waals surface area contributed by atoms with Crippen LogP contribution >= 0.6 is 0 Å². The fraction of sp³-hybridized carbons (Fsp3) is 0.429. The van der Waals surface area contributed by atoms with E-state index in [4.69, 9.17) is 5.73 Å². The Morgan fingerprint density at radius 1 is 1.32 bits per heavy atom. The zero-order valence-corrected chi connectivity index (χ0v) is 12.8. The molecule has 2 N–H and O–H groups in total. The van der Waals surface area contributed by atoms with Crippen molar-refractivity contribution in [3.8, 4) is 0 Å². The van der Waals surface area contributed by atoms with Crippen LogP contribution in [0, 0.1) is 20.8 Å². The molecule has 0 amide bonds. The van der Waals surface area contributed by atoms with Crippen LogP contribution in [-0.4, -0.2) is 25.8 Å². The third kappa shape index (κ3) is 2.82. The molecule has 0 unspecified atom stereocenters. The van der Waals surface area contributed by atoms with Gasteiger partial charge in [0.25, 0.3) is 0 Å². The lowest BCUT2D eigenvalue weighted by Gasteiger charge is -2.22. The number of likely N-dealkylation sites (N-methyl/N-ethyl adjacent to an activating group) is 1. The summed E-state index contributed by atoms with van der Waals surface area (Å²) in [5, 5.41) is 0. The van der Waals surface area contributed by atoms with Gasteiger partial charge in [-0.25, -0.2) is 8.42 Å². The van der Waals surface area contributed by atoms with E-state index in [0.29, 0.717) is 29.2 Å². The molecular formula is C14H22N2O2S. The molecule has 0 saturated carbocycles. The molecule has 1 aromatic carbocycles. The minimum absolute atomic E-state index is 0.297. The number of sulfonamides is 1. The topological polar surface area (TPSA) is 63.4 Å². The van der Waals surface area contributed by atoms with Gasteiger partial charge in [0.15, 0.2) is 0 Å². The number of nitrogens with two attached hydrogens (primary N) is 1. The van der Waals surface area contributed by atoms with Crippen molar-refractivity contribution in [1.82, 2.24) is 4.31 Å². The number of nitrogen functional groups attached to an aromatic ring is 1. The first kappa shape index (κ1) is 15.7. The largest absolute Gasteiger partial charge is 0.398 e. The fourth-order valence-corrected chi connectivity index (χ4v) is 4.11. The van der Waals surface area contributed by atoms with Crippen LogP contribution in [0.1, 0.15) is 23.6 Å². The molecule has 4 nitrogen and oxygen atoms in total. The molecule has 0 aliphatic heterocycles. The van der Waals surface area contributed by atoms with E-state index >= 15 is 0 Å². The third-order valence-corrected chi connectivity index (χ3v) is 5.48. The molecule has 19 heavy (non-hydrogen) atoms. The van der Waals surface area contributed by atoms with Crippen molar-refractivity contribution in [2.24, 2.45) is 0 Å². The average molecular weight is 282 g/mol. The Morgan fingerprint density at radius 3 is 2.37 bits per heavy atom. The quantitative estimate of drug-likeness (QED) is 0.666. The van der Waals surface area contributed by atoms with Gasteiger partial charge in [-0.2, -0.15) is 4.31 Å². The summed E-state index contributed by atoms with van der Waals surface area (Å²) in [5.41, 5.74) is 8.76. The maximum Gasteiger partial charge on any atom is 0.243 e. The van der Waals surface area contributed by atoms with Crippen molar-refractivity contribution in [3.05, 3.63) is 35.4 Å². The Kier molecular flexibility index (Phi) is 4.76. The van der Waals surface area contributed by atoms with Gasteiger partial charge in [-0.1, -0.05) is 19.1 Å². The van der Waals surface area contributed by atoms with Crippen LogP contribution in [0.4, 0.5) is 5.69 Å². The van der Waals surface area contributed by atoms with Crippen molar-refractivity contribution < 1.29 is 8.42 Å². The maximum atomic E-state index is 12.7. The summed E-state index contributed by atoms with van der Waals surface area (Å²) in [4.78, 5) is 0.319. The van der Waals surface area contributed by atoms with Gasteiger partial charge < -0.3 is 5.73 Å². The lowest BCUT2D eigenvalue weighted by atomic mass is 10.1. The van der Waals surface area contributed by atoms with E-state index in [0.717, 1.165) is 11.1 Å². The lowest BCUT2D eigenvalue weighted by Crippen LogP contribution is -2.32. The first-order valence-corrected chi connectivity index (χ1v) is 7.68. The second kappa shape index (κ2) is 5.75. The molecule has 1 rings (SSSR count). The Hall–Kier alpha value is -1.33. The highest BCUT2D eigenvalue weighted by Gasteiger charge is 2.27. The van der Waals surface area contributed by atoms with Crippen LogP contribution in [-0.2, 0) is 10.0 Å². The third-order valence-electron chi connectivity index (χ3n) is 3.24. The monoisotopic (exact) mass is 282 g/mol. The van der Waals surface area contributed by atoms with Crippen molar-refractivity contribution in [2.75, 3.05) is 18.8 Å². The van der Waals surface area contributed by atoms with Gasteiger partial charge in [-0.05, 0) is 37.5 Å². The summed E-state index contributed by atoms with van der Waals surface area (Å²) in [6, 6.07) is 1.82. The van der Waals surface area contributed by atoms with Gasteiger partial charge in [-0.3, -0.25) is 0 Å². The average Bonchev–Trinajstić information content (AvgIpc) is 2.32. The highest BCUT2D eigenvalue weighted by molar-refractivity contribution is 7.89. The van der Waals surface area contributed by atoms with Crippen molar-refractivity contribution in [1.29, 1.82) is 0 Å². The second-order valence-electron chi connectivity index (χ2n) is 4.62. The van der Waals surface area contributed by atoms with Gasteiger partial charge in [0.1, 0.15) is 0 Å². The standard InChI is InChI=1S/C14H22N2O2S/c1-6-8-16(7-2)19(17,18)14-11(4)9-10(3)13(15)12(14)5/h6,9H,1,7-8,15H2,2-5H3. The molecule has 0 heterocycles. The molecule has 0 spiro atoms. The molecule has 0 aliphatic carbocycles. The molecule has 0 aromatic heterocycles. The summed E-state index contributed by atoms with van der Waals surface area (Å²) in [6.45, 7) is 11.5. The molecular weight excluding hydrogens is 260 g/mol. The van der Waals surface area contributed by atoms with E-state index < -0.39 is 10.0 Å². The minimum atomic E-state index is -3.53. The normalized spacial score (nSPS) is 11.8. The first-order valence-electron chi connectivity index (χ1n) is 6.24. The van der Waals surface area contributed by atoms with E-state index in [9.17, 15) is 8.42 Å². The molecule has 0 saturated heterocycles. The Morgan fingerprint density at radius 2 is 1.89 bits per heavy atom. The van der Waals surface area contributed by atoms with Crippen molar-refractivity contribution >= 4 is 15.7 Å². The molecule has 5 heteroatoms. The number of nitrogens with zero attached hydrogens (tertiary/aromatic N) is 1. The minimum Gasteiger partial charge on any atom is -0.398 e. The zero-order valence-electron chi connectivity index (χ0n) is 12.0. The fourth-order valence-electron chi connectivity index (χ4n) is 2.25. The molecule has 106 valence electrons. The van der Waals surface area contributed by atoms with E-state index in [1.807, 2.05) is 19.9 Å². The predicted octanol–water partition coefficient (Wildman–Crippen LogP) is 2.39. The van der Waals surface area contributed by atoms with E-state index in [1.165, 1.54) is 4.31 Å². The molecule has 0 atom stereocenters. The van der Waals surface area contributed by atoms with Crippen molar-refractivity contribution in [3.63, 3.8) is 0 Å². The number of hydrogen-bond acceptors (Lipinski definition) is 3. The summed E-state index contributed by atoms with van der Waals surface area (Å²) < 4.78 is 26.8. The summed E-state index contributed by atoms with van der Waals surface area (Å²) >= 11 is 0. The smallest absolute Gasteiger partial charge is 0.243 e. The SMILES string of the molecule is C=CCN(CC)S(=O)(=O)c1c(C)cc(C)c(N)c1C. The molecule has 0 radical (unpaired) electrons. The molecule has 0 aliphatic rings. The van der Waals surface area contributed by atoms with Gasteiger partial charge in [0.05, 0.1) is 4.90 Å². The van der Waals surface area contributed by atoms with Gasteiger partial charge in [0.2, 0.25) is 10.0 Å². The van der Waals surface area contributed by atoms with Crippen LogP contribution in [0.5, 0.6) is 0 Å². The van der Waals surface area contributed by atoms with Gasteiger partial charge in [-0.15, -0.1) is 6.58 Å². The number of rotatable bonds is 5. The van der Waals surface area contributed by atoms with Crippen LogP contribution in [0.25, 0.3) is 0 Å². The summed E-state index contributed by atoms with van der Waals surface area (Å²) in [5.74, 6) is 0. The predicted molar refractivity (Wildman–Crippen MR) is 79.7 cm³/mol. The Bertz CT molecular complexity index is 592. The van der Waals surface area contributed by atoms with E-state index in [2.05, 4.69) is 6.58 Å². The second-order valence-corrected chi connectivity index (χ2v) is 6.50. The van der Waals surface area contributed by atoms with Gasteiger partial charge in [0, 0.05) is 18.8 Å².